The largest absolute Gasteiger partial charge is 0.478 e. The smallest absolute Gasteiger partial charge is 0.339 e. The van der Waals surface area contributed by atoms with Gasteiger partial charge in [-0.2, -0.15) is 0 Å². The molecular weight excluding hydrogens is 242 g/mol. The van der Waals surface area contributed by atoms with Crippen LogP contribution in [-0.2, 0) is 4.79 Å². The number of rotatable bonds is 5. The van der Waals surface area contributed by atoms with Crippen LogP contribution < -0.4 is 11.5 Å². The predicted octanol–water partition coefficient (Wildman–Crippen LogP) is -1.37. The molecule has 0 fully saturated rings. The van der Waals surface area contributed by atoms with Gasteiger partial charge in [-0.3, -0.25) is 4.79 Å². The third kappa shape index (κ3) is 3.15. The molecule has 0 bridgehead atoms. The second-order valence-corrected chi connectivity index (χ2v) is 3.69. The van der Waals surface area contributed by atoms with Crippen LogP contribution in [0.5, 0.6) is 0 Å². The van der Waals surface area contributed by atoms with Crippen molar-refractivity contribution >= 4 is 17.7 Å². The zero-order valence-corrected chi connectivity index (χ0v) is 9.28. The van der Waals surface area contributed by atoms with Gasteiger partial charge >= 0.3 is 5.97 Å². The summed E-state index contributed by atoms with van der Waals surface area (Å²) in [6, 6.07) is 1.08. The molecule has 1 aromatic heterocycles. The third-order valence-electron chi connectivity index (χ3n) is 2.29. The average Bonchev–Trinajstić information content (AvgIpc) is 2.27. The number of nitrogens with two attached hydrogens (primary N) is 2. The van der Waals surface area contributed by atoms with Crippen molar-refractivity contribution in [2.24, 2.45) is 5.73 Å². The van der Waals surface area contributed by atoms with Gasteiger partial charge in [0.15, 0.2) is 0 Å². The van der Waals surface area contributed by atoms with Crippen LogP contribution in [0.3, 0.4) is 0 Å². The van der Waals surface area contributed by atoms with Gasteiger partial charge in [0.05, 0.1) is 12.5 Å². The van der Waals surface area contributed by atoms with E-state index in [-0.39, 0.29) is 16.9 Å². The highest BCUT2D eigenvalue weighted by atomic mass is 16.4. The molecule has 1 heterocycles. The Morgan fingerprint density at radius 1 is 1.39 bits per heavy atom. The van der Waals surface area contributed by atoms with Crippen LogP contribution in [0.1, 0.15) is 28.4 Å². The zero-order chi connectivity index (χ0) is 13.9. The average molecular weight is 255 g/mol. The maximum atomic E-state index is 10.8. The quantitative estimate of drug-likeness (QED) is 0.433. The number of carbonyl (C=O) groups is 2. The predicted molar refractivity (Wildman–Crippen MR) is 60.4 cm³/mol. The van der Waals surface area contributed by atoms with Gasteiger partial charge < -0.3 is 26.8 Å². The first-order valence-corrected chi connectivity index (χ1v) is 4.96. The second kappa shape index (κ2) is 5.43. The second-order valence-electron chi connectivity index (χ2n) is 3.69. The number of aliphatic hydroxyl groups is 2. The summed E-state index contributed by atoms with van der Waals surface area (Å²) in [4.78, 5) is 25.0. The lowest BCUT2D eigenvalue weighted by molar-refractivity contribution is -0.121. The van der Waals surface area contributed by atoms with E-state index in [0.717, 1.165) is 12.3 Å². The van der Waals surface area contributed by atoms with Crippen molar-refractivity contribution in [3.63, 3.8) is 0 Å². The molecule has 1 amide bonds. The number of amides is 1. The molecule has 0 radical (unpaired) electrons. The summed E-state index contributed by atoms with van der Waals surface area (Å²) in [7, 11) is 0. The topological polar surface area (TPSA) is 160 Å². The highest BCUT2D eigenvalue weighted by molar-refractivity contribution is 5.92. The Morgan fingerprint density at radius 3 is 2.50 bits per heavy atom. The summed E-state index contributed by atoms with van der Waals surface area (Å²) in [5.74, 6) is -2.30. The first-order chi connectivity index (χ1) is 8.32. The van der Waals surface area contributed by atoms with Crippen LogP contribution in [0.15, 0.2) is 12.3 Å². The molecule has 8 nitrogen and oxygen atoms in total. The Hall–Kier alpha value is -2.19. The number of aromatic nitrogens is 1. The van der Waals surface area contributed by atoms with Crippen molar-refractivity contribution in [2.45, 2.75) is 18.6 Å². The van der Waals surface area contributed by atoms with Gasteiger partial charge in [-0.25, -0.2) is 9.78 Å². The van der Waals surface area contributed by atoms with E-state index in [1.807, 2.05) is 0 Å². The van der Waals surface area contributed by atoms with Crippen LogP contribution in [0, 0.1) is 0 Å². The fourth-order valence-corrected chi connectivity index (χ4v) is 1.36. The van der Waals surface area contributed by atoms with Crippen molar-refractivity contribution in [3.8, 4) is 0 Å². The molecule has 0 aliphatic rings. The van der Waals surface area contributed by atoms with Crippen molar-refractivity contribution < 1.29 is 24.9 Å². The first-order valence-electron chi connectivity index (χ1n) is 4.96. The van der Waals surface area contributed by atoms with E-state index in [2.05, 4.69) is 4.98 Å². The van der Waals surface area contributed by atoms with Gasteiger partial charge in [0.1, 0.15) is 17.5 Å². The minimum Gasteiger partial charge on any atom is -0.478 e. The molecule has 1 aromatic rings. The highest BCUT2D eigenvalue weighted by Gasteiger charge is 2.22. The zero-order valence-electron chi connectivity index (χ0n) is 9.28. The van der Waals surface area contributed by atoms with Crippen LogP contribution in [-0.4, -0.2) is 38.3 Å². The summed E-state index contributed by atoms with van der Waals surface area (Å²) in [6.45, 7) is 0. The van der Waals surface area contributed by atoms with E-state index in [0.29, 0.717) is 0 Å². The number of aromatic carboxylic acids is 1. The SMILES string of the molecule is NC(=O)CC(O)C(O)c1cnc(N)c(C(=O)O)c1. The van der Waals surface area contributed by atoms with Gasteiger partial charge in [0, 0.05) is 11.8 Å². The molecule has 8 heteroatoms. The fraction of sp³-hybridized carbons (Fsp3) is 0.300. The minimum atomic E-state index is -1.47. The van der Waals surface area contributed by atoms with Gasteiger partial charge in [-0.1, -0.05) is 0 Å². The van der Waals surface area contributed by atoms with E-state index < -0.39 is 30.5 Å². The maximum Gasteiger partial charge on any atom is 0.339 e. The molecule has 1 rings (SSSR count). The number of carboxylic acid groups (broad SMARTS) is 1. The maximum absolute atomic E-state index is 10.8. The fourth-order valence-electron chi connectivity index (χ4n) is 1.36. The number of aliphatic hydroxyl groups excluding tert-OH is 2. The lowest BCUT2D eigenvalue weighted by Crippen LogP contribution is -2.26. The number of primary amides is 1. The van der Waals surface area contributed by atoms with Crippen LogP contribution in [0.25, 0.3) is 0 Å². The molecule has 0 saturated carbocycles. The monoisotopic (exact) mass is 255 g/mol. The van der Waals surface area contributed by atoms with Crippen LogP contribution in [0.4, 0.5) is 5.82 Å². The summed E-state index contributed by atoms with van der Waals surface area (Å²) in [5.41, 5.74) is 9.95. The standard InChI is InChI=1S/C10H13N3O5/c11-7(15)2-6(14)8(16)4-1-5(10(17)18)9(12)13-3-4/h1,3,6,8,14,16H,2H2,(H2,11,15)(H2,12,13)(H,17,18). The summed E-state index contributed by atoms with van der Waals surface area (Å²) in [5, 5.41) is 28.0. The highest BCUT2D eigenvalue weighted by Crippen LogP contribution is 2.21. The number of carboxylic acids is 1. The molecule has 0 aliphatic heterocycles. The number of nitrogens with zero attached hydrogens (tertiary/aromatic N) is 1. The van der Waals surface area contributed by atoms with Crippen LogP contribution >= 0.6 is 0 Å². The number of hydrogen-bond acceptors (Lipinski definition) is 6. The Kier molecular flexibility index (Phi) is 4.18. The first kappa shape index (κ1) is 13.9. The number of pyridine rings is 1. The van der Waals surface area contributed by atoms with E-state index >= 15 is 0 Å². The number of carbonyl (C=O) groups excluding carboxylic acids is 1. The van der Waals surface area contributed by atoms with Gasteiger partial charge in [-0.05, 0) is 6.07 Å². The molecule has 0 spiro atoms. The molecule has 0 aliphatic carbocycles. The third-order valence-corrected chi connectivity index (χ3v) is 2.29. The molecule has 2 unspecified atom stereocenters. The minimum absolute atomic E-state index is 0.0374. The summed E-state index contributed by atoms with van der Waals surface area (Å²) < 4.78 is 0. The molecule has 18 heavy (non-hydrogen) atoms. The molecule has 0 saturated heterocycles. The van der Waals surface area contributed by atoms with Gasteiger partial charge in [0.2, 0.25) is 5.91 Å². The number of hydrogen-bond donors (Lipinski definition) is 5. The van der Waals surface area contributed by atoms with Crippen molar-refractivity contribution in [1.82, 2.24) is 4.98 Å². The van der Waals surface area contributed by atoms with Gasteiger partial charge in [0.25, 0.3) is 0 Å². The lowest BCUT2D eigenvalue weighted by Gasteiger charge is -2.17. The van der Waals surface area contributed by atoms with E-state index in [1.54, 1.807) is 0 Å². The van der Waals surface area contributed by atoms with Crippen LogP contribution in [0.2, 0.25) is 0 Å². The van der Waals surface area contributed by atoms with E-state index in [9.17, 15) is 19.8 Å². The Labute approximate surface area is 102 Å². The molecule has 7 N–H and O–H groups in total. The lowest BCUT2D eigenvalue weighted by atomic mass is 10.0. The van der Waals surface area contributed by atoms with Crippen molar-refractivity contribution in [2.75, 3.05) is 5.73 Å². The molecular formula is C10H13N3O5. The van der Waals surface area contributed by atoms with Gasteiger partial charge in [-0.15, -0.1) is 0 Å². The number of anilines is 1. The molecule has 98 valence electrons. The number of nitrogen functional groups attached to an aromatic ring is 1. The molecule has 0 aromatic carbocycles. The summed E-state index contributed by atoms with van der Waals surface area (Å²) in [6.07, 6.45) is -2.23. The normalized spacial score (nSPS) is 13.9. The summed E-state index contributed by atoms with van der Waals surface area (Å²) >= 11 is 0. The van der Waals surface area contributed by atoms with Crippen molar-refractivity contribution in [1.29, 1.82) is 0 Å². The Balaban J connectivity index is 2.99. The Morgan fingerprint density at radius 2 is 2.00 bits per heavy atom. The van der Waals surface area contributed by atoms with E-state index in [4.69, 9.17) is 16.6 Å². The Bertz CT molecular complexity index is 477. The van der Waals surface area contributed by atoms with E-state index in [1.165, 1.54) is 0 Å². The molecule has 2 atom stereocenters. The van der Waals surface area contributed by atoms with Crippen molar-refractivity contribution in [3.05, 3.63) is 23.4 Å².